The van der Waals surface area contributed by atoms with Crippen LogP contribution in [-0.4, -0.2) is 25.9 Å². The zero-order chi connectivity index (χ0) is 18.0. The van der Waals surface area contributed by atoms with E-state index in [0.29, 0.717) is 34.4 Å². The summed E-state index contributed by atoms with van der Waals surface area (Å²) in [5, 5.41) is 12.6. The first-order valence-electron chi connectivity index (χ1n) is 7.69. The number of rotatable bonds is 5. The maximum Gasteiger partial charge on any atom is 0.342 e. The number of carbonyl (C=O) groups is 1. The Kier molecular flexibility index (Phi) is 4.85. The summed E-state index contributed by atoms with van der Waals surface area (Å²) in [6.45, 7) is 5.66. The molecular weight excluding hydrogens is 344 g/mol. The van der Waals surface area contributed by atoms with Gasteiger partial charge < -0.3 is 9.15 Å². The second kappa shape index (κ2) is 7.06. The molecule has 0 aliphatic heterocycles. The number of hydrogen-bond acceptors (Lipinski definition) is 6. The predicted molar refractivity (Wildman–Crippen MR) is 90.4 cm³/mol. The third-order valence-corrected chi connectivity index (χ3v) is 4.13. The van der Waals surface area contributed by atoms with Crippen molar-refractivity contribution >= 4 is 17.6 Å². The first kappa shape index (κ1) is 17.2. The van der Waals surface area contributed by atoms with E-state index in [4.69, 9.17) is 20.8 Å². The van der Waals surface area contributed by atoms with E-state index in [9.17, 15) is 4.79 Å². The Hall–Kier alpha value is -2.67. The number of esters is 1. The lowest BCUT2D eigenvalue weighted by molar-refractivity contribution is 0.0435. The lowest BCUT2D eigenvalue weighted by Crippen LogP contribution is -2.09. The minimum Gasteiger partial charge on any atom is -0.452 e. The molecular formula is C17H17ClN4O3. The molecule has 0 bridgehead atoms. The van der Waals surface area contributed by atoms with E-state index >= 15 is 0 Å². The Labute approximate surface area is 149 Å². The van der Waals surface area contributed by atoms with Crippen LogP contribution in [0.3, 0.4) is 0 Å². The normalized spacial score (nSPS) is 10.9. The number of aromatic nitrogens is 4. The van der Waals surface area contributed by atoms with Crippen LogP contribution in [0.15, 0.2) is 28.7 Å². The van der Waals surface area contributed by atoms with Gasteiger partial charge >= 0.3 is 5.97 Å². The molecule has 25 heavy (non-hydrogen) atoms. The molecule has 0 atom stereocenters. The molecule has 0 unspecified atom stereocenters. The third-order valence-electron chi connectivity index (χ3n) is 3.76. The Morgan fingerprint density at radius 2 is 2.00 bits per heavy atom. The standard InChI is InChI=1S/C17H17ClN4O3/c1-10-16(17(23)24-9-15-20-19-12(3)25-15)11(2)22(21-10)8-13-6-4-5-7-14(13)18/h4-7H,8-9H2,1-3H3. The second-order valence-corrected chi connectivity index (χ2v) is 5.99. The van der Waals surface area contributed by atoms with Crippen molar-refractivity contribution in [2.45, 2.75) is 33.9 Å². The maximum absolute atomic E-state index is 12.4. The summed E-state index contributed by atoms with van der Waals surface area (Å²) in [5.74, 6) is 0.201. The first-order chi connectivity index (χ1) is 12.0. The molecule has 2 heterocycles. The summed E-state index contributed by atoms with van der Waals surface area (Å²) in [5.41, 5.74) is 2.67. The van der Waals surface area contributed by atoms with E-state index in [-0.39, 0.29) is 12.5 Å². The Morgan fingerprint density at radius 3 is 2.68 bits per heavy atom. The summed E-state index contributed by atoms with van der Waals surface area (Å²) in [7, 11) is 0. The zero-order valence-corrected chi connectivity index (χ0v) is 14.9. The molecule has 1 aromatic carbocycles. The Bertz CT molecular complexity index is 917. The van der Waals surface area contributed by atoms with E-state index in [1.165, 1.54) is 0 Å². The lowest BCUT2D eigenvalue weighted by atomic mass is 10.2. The van der Waals surface area contributed by atoms with Gasteiger partial charge in [0.1, 0.15) is 5.56 Å². The minimum absolute atomic E-state index is 0.0752. The van der Waals surface area contributed by atoms with Crippen LogP contribution < -0.4 is 0 Å². The minimum atomic E-state index is -0.476. The van der Waals surface area contributed by atoms with Crippen LogP contribution in [0.5, 0.6) is 0 Å². The highest BCUT2D eigenvalue weighted by atomic mass is 35.5. The molecule has 2 aromatic heterocycles. The monoisotopic (exact) mass is 360 g/mol. The highest BCUT2D eigenvalue weighted by molar-refractivity contribution is 6.31. The number of carbonyl (C=O) groups excluding carboxylic acids is 1. The van der Waals surface area contributed by atoms with Crippen molar-refractivity contribution < 1.29 is 13.9 Å². The van der Waals surface area contributed by atoms with Crippen LogP contribution in [0.4, 0.5) is 0 Å². The smallest absolute Gasteiger partial charge is 0.342 e. The predicted octanol–water partition coefficient (Wildman–Crippen LogP) is 3.25. The highest BCUT2D eigenvalue weighted by Gasteiger charge is 2.21. The largest absolute Gasteiger partial charge is 0.452 e. The van der Waals surface area contributed by atoms with Gasteiger partial charge in [0.2, 0.25) is 5.89 Å². The molecule has 0 aliphatic rings. The van der Waals surface area contributed by atoms with Gasteiger partial charge in [-0.25, -0.2) is 4.79 Å². The van der Waals surface area contributed by atoms with Crippen LogP contribution in [0.25, 0.3) is 0 Å². The van der Waals surface area contributed by atoms with Gasteiger partial charge in [-0.2, -0.15) is 5.10 Å². The Balaban J connectivity index is 1.77. The van der Waals surface area contributed by atoms with Crippen molar-refractivity contribution in [1.82, 2.24) is 20.0 Å². The van der Waals surface area contributed by atoms with Crippen LogP contribution in [0.2, 0.25) is 5.02 Å². The van der Waals surface area contributed by atoms with Crippen molar-refractivity contribution in [2.24, 2.45) is 0 Å². The average molecular weight is 361 g/mol. The Morgan fingerprint density at radius 1 is 1.24 bits per heavy atom. The van der Waals surface area contributed by atoms with Gasteiger partial charge in [-0.1, -0.05) is 29.8 Å². The van der Waals surface area contributed by atoms with Crippen molar-refractivity contribution in [1.29, 1.82) is 0 Å². The fourth-order valence-electron chi connectivity index (χ4n) is 2.53. The molecule has 7 nitrogen and oxygen atoms in total. The number of benzene rings is 1. The van der Waals surface area contributed by atoms with E-state index in [1.807, 2.05) is 31.2 Å². The third kappa shape index (κ3) is 3.71. The van der Waals surface area contributed by atoms with E-state index in [1.54, 1.807) is 18.5 Å². The molecule has 0 amide bonds. The van der Waals surface area contributed by atoms with Gasteiger partial charge in [0.05, 0.1) is 17.9 Å². The summed E-state index contributed by atoms with van der Waals surface area (Å²) in [4.78, 5) is 12.4. The fourth-order valence-corrected chi connectivity index (χ4v) is 2.73. The second-order valence-electron chi connectivity index (χ2n) is 5.59. The molecule has 0 spiro atoms. The van der Waals surface area contributed by atoms with Gasteiger partial charge in [0.25, 0.3) is 5.89 Å². The lowest BCUT2D eigenvalue weighted by Gasteiger charge is -2.07. The molecule has 0 saturated heterocycles. The summed E-state index contributed by atoms with van der Waals surface area (Å²) in [6, 6.07) is 7.53. The number of nitrogens with zero attached hydrogens (tertiary/aromatic N) is 4. The molecule has 3 aromatic rings. The van der Waals surface area contributed by atoms with Gasteiger partial charge in [-0.3, -0.25) is 4.68 Å². The average Bonchev–Trinajstić information content (AvgIpc) is 3.11. The van der Waals surface area contributed by atoms with Gasteiger partial charge in [-0.05, 0) is 25.5 Å². The molecule has 0 saturated carbocycles. The van der Waals surface area contributed by atoms with Crippen molar-refractivity contribution in [3.8, 4) is 0 Å². The van der Waals surface area contributed by atoms with Crippen molar-refractivity contribution in [3.63, 3.8) is 0 Å². The van der Waals surface area contributed by atoms with Crippen LogP contribution in [-0.2, 0) is 17.9 Å². The SMILES string of the molecule is Cc1nnc(COC(=O)c2c(C)nn(Cc3ccccc3Cl)c2C)o1. The number of ether oxygens (including phenoxy) is 1. The summed E-state index contributed by atoms with van der Waals surface area (Å²) in [6.07, 6.45) is 0. The molecule has 8 heteroatoms. The van der Waals surface area contributed by atoms with Gasteiger partial charge in [0.15, 0.2) is 6.61 Å². The molecule has 0 fully saturated rings. The van der Waals surface area contributed by atoms with Gasteiger partial charge in [0, 0.05) is 11.9 Å². The highest BCUT2D eigenvalue weighted by Crippen LogP contribution is 2.20. The molecule has 130 valence electrons. The van der Waals surface area contributed by atoms with Crippen LogP contribution >= 0.6 is 11.6 Å². The van der Waals surface area contributed by atoms with E-state index < -0.39 is 5.97 Å². The molecule has 0 N–H and O–H groups in total. The molecule has 0 radical (unpaired) electrons. The van der Waals surface area contributed by atoms with Crippen LogP contribution in [0, 0.1) is 20.8 Å². The molecule has 0 aliphatic carbocycles. The van der Waals surface area contributed by atoms with Crippen molar-refractivity contribution in [3.05, 3.63) is 63.6 Å². The quantitative estimate of drug-likeness (QED) is 0.649. The fraction of sp³-hybridized carbons (Fsp3) is 0.294. The van der Waals surface area contributed by atoms with Gasteiger partial charge in [-0.15, -0.1) is 10.2 Å². The maximum atomic E-state index is 12.4. The summed E-state index contributed by atoms with van der Waals surface area (Å²) >= 11 is 6.20. The zero-order valence-electron chi connectivity index (χ0n) is 14.1. The van der Waals surface area contributed by atoms with Crippen LogP contribution in [0.1, 0.15) is 39.1 Å². The van der Waals surface area contributed by atoms with E-state index in [2.05, 4.69) is 15.3 Å². The number of hydrogen-bond donors (Lipinski definition) is 0. The number of halogens is 1. The molecule has 3 rings (SSSR count). The number of aryl methyl sites for hydroxylation is 2. The first-order valence-corrected chi connectivity index (χ1v) is 8.07. The summed E-state index contributed by atoms with van der Waals surface area (Å²) < 4.78 is 12.2. The van der Waals surface area contributed by atoms with Crippen molar-refractivity contribution in [2.75, 3.05) is 0 Å². The van der Waals surface area contributed by atoms with E-state index in [0.717, 1.165) is 5.56 Å². The topological polar surface area (TPSA) is 83.0 Å².